The Morgan fingerprint density at radius 2 is 2.30 bits per heavy atom. The quantitative estimate of drug-likeness (QED) is 0.902. The highest BCUT2D eigenvalue weighted by atomic mass is 32.2. The van der Waals surface area contributed by atoms with Gasteiger partial charge in [0.1, 0.15) is 10.9 Å². The molecule has 1 fully saturated rings. The first-order valence-electron chi connectivity index (χ1n) is 5.76. The summed E-state index contributed by atoms with van der Waals surface area (Å²) in [5.41, 5.74) is 0.613. The van der Waals surface area contributed by atoms with E-state index < -0.39 is 15.3 Å². The number of primary sulfonamides is 1. The number of aromatic nitrogens is 1. The molecule has 2 aromatic rings. The Bertz CT molecular complexity index is 736. The molecule has 0 bridgehead atoms. The van der Waals surface area contributed by atoms with Crippen LogP contribution < -0.4 is 10.0 Å². The second kappa shape index (κ2) is 4.69. The van der Waals surface area contributed by atoms with Gasteiger partial charge in [-0.25, -0.2) is 18.5 Å². The SMILES string of the molecule is NS(=O)(=O)C1CC(=O)N(c2nc(-c3ccco3)cs2)C1. The van der Waals surface area contributed by atoms with Crippen molar-refractivity contribution in [2.24, 2.45) is 5.14 Å². The summed E-state index contributed by atoms with van der Waals surface area (Å²) in [4.78, 5) is 17.5. The maximum absolute atomic E-state index is 11.9. The smallest absolute Gasteiger partial charge is 0.230 e. The van der Waals surface area contributed by atoms with Gasteiger partial charge in [-0.3, -0.25) is 9.69 Å². The van der Waals surface area contributed by atoms with Gasteiger partial charge in [-0.05, 0) is 12.1 Å². The lowest BCUT2D eigenvalue weighted by molar-refractivity contribution is -0.117. The van der Waals surface area contributed by atoms with Crippen molar-refractivity contribution in [2.45, 2.75) is 11.7 Å². The lowest BCUT2D eigenvalue weighted by Gasteiger charge is -2.11. The number of thiazole rings is 1. The lowest BCUT2D eigenvalue weighted by Crippen LogP contribution is -2.32. The topological polar surface area (TPSA) is 106 Å². The van der Waals surface area contributed by atoms with Gasteiger partial charge in [0.2, 0.25) is 15.9 Å². The molecule has 1 aliphatic rings. The molecular formula is C11H11N3O4S2. The number of carbonyl (C=O) groups excluding carboxylic acids is 1. The fourth-order valence-electron chi connectivity index (χ4n) is 2.01. The number of furan rings is 1. The molecule has 1 amide bonds. The fraction of sp³-hybridized carbons (Fsp3) is 0.273. The molecule has 20 heavy (non-hydrogen) atoms. The molecule has 3 heterocycles. The van der Waals surface area contributed by atoms with E-state index in [2.05, 4.69) is 4.98 Å². The summed E-state index contributed by atoms with van der Waals surface area (Å²) < 4.78 is 27.9. The first-order valence-corrected chi connectivity index (χ1v) is 8.25. The lowest BCUT2D eigenvalue weighted by atomic mass is 10.4. The van der Waals surface area contributed by atoms with Gasteiger partial charge in [0.05, 0.1) is 6.26 Å². The Morgan fingerprint density at radius 3 is 2.90 bits per heavy atom. The highest BCUT2D eigenvalue weighted by Gasteiger charge is 2.38. The van der Waals surface area contributed by atoms with E-state index in [9.17, 15) is 13.2 Å². The van der Waals surface area contributed by atoms with Crippen LogP contribution in [-0.2, 0) is 14.8 Å². The van der Waals surface area contributed by atoms with Crippen molar-refractivity contribution >= 4 is 32.4 Å². The summed E-state index contributed by atoms with van der Waals surface area (Å²) in [6.07, 6.45) is 1.43. The van der Waals surface area contributed by atoms with Gasteiger partial charge < -0.3 is 4.42 Å². The third-order valence-corrected chi connectivity index (χ3v) is 5.16. The minimum absolute atomic E-state index is 0.0444. The third kappa shape index (κ3) is 2.35. The van der Waals surface area contributed by atoms with Crippen molar-refractivity contribution in [3.8, 4) is 11.5 Å². The summed E-state index contributed by atoms with van der Waals surface area (Å²) in [6.45, 7) is 0.0444. The average molecular weight is 313 g/mol. The Kier molecular flexibility index (Phi) is 3.11. The average Bonchev–Trinajstić information content (AvgIpc) is 3.06. The number of amides is 1. The van der Waals surface area contributed by atoms with Crippen LogP contribution in [0.1, 0.15) is 6.42 Å². The minimum atomic E-state index is -3.72. The number of nitrogens with two attached hydrogens (primary N) is 1. The van der Waals surface area contributed by atoms with Crippen molar-refractivity contribution in [1.82, 2.24) is 4.98 Å². The third-order valence-electron chi connectivity index (χ3n) is 3.05. The van der Waals surface area contributed by atoms with Gasteiger partial charge in [0, 0.05) is 18.3 Å². The predicted molar refractivity (Wildman–Crippen MR) is 73.7 cm³/mol. The van der Waals surface area contributed by atoms with E-state index in [-0.39, 0.29) is 18.9 Å². The van der Waals surface area contributed by atoms with Crippen molar-refractivity contribution in [3.63, 3.8) is 0 Å². The maximum atomic E-state index is 11.9. The molecule has 2 N–H and O–H groups in total. The minimum Gasteiger partial charge on any atom is -0.463 e. The van der Waals surface area contributed by atoms with Gasteiger partial charge in [-0.15, -0.1) is 11.3 Å². The molecule has 1 atom stereocenters. The molecule has 1 unspecified atom stereocenters. The first kappa shape index (κ1) is 13.3. The van der Waals surface area contributed by atoms with E-state index in [0.717, 1.165) is 0 Å². The van der Waals surface area contributed by atoms with Crippen LogP contribution in [0.25, 0.3) is 11.5 Å². The van der Waals surface area contributed by atoms with Crippen molar-refractivity contribution < 1.29 is 17.6 Å². The monoisotopic (exact) mass is 313 g/mol. The van der Waals surface area contributed by atoms with E-state index in [1.54, 1.807) is 17.5 Å². The number of rotatable bonds is 3. The van der Waals surface area contributed by atoms with Crippen molar-refractivity contribution in [1.29, 1.82) is 0 Å². The Labute approximate surface area is 119 Å². The standard InChI is InChI=1S/C11H11N3O4S2/c12-20(16,17)7-4-10(15)14(5-7)11-13-8(6-19-11)9-2-1-3-18-9/h1-3,6-7H,4-5H2,(H2,12,16,17). The number of hydrogen-bond acceptors (Lipinski definition) is 6. The summed E-state index contributed by atoms with van der Waals surface area (Å²) in [5.74, 6) is 0.312. The molecule has 7 nitrogen and oxygen atoms in total. The number of carbonyl (C=O) groups is 1. The molecular weight excluding hydrogens is 302 g/mol. The molecule has 0 aliphatic carbocycles. The normalized spacial score (nSPS) is 19.8. The van der Waals surface area contributed by atoms with Gasteiger partial charge in [0.15, 0.2) is 10.9 Å². The highest BCUT2D eigenvalue weighted by Crippen LogP contribution is 2.31. The summed E-state index contributed by atoms with van der Waals surface area (Å²) in [5, 5.41) is 6.42. The van der Waals surface area contributed by atoms with E-state index in [1.165, 1.54) is 22.5 Å². The van der Waals surface area contributed by atoms with E-state index in [1.807, 2.05) is 0 Å². The molecule has 0 aromatic carbocycles. The van der Waals surface area contributed by atoms with Crippen LogP contribution in [0, 0.1) is 0 Å². The molecule has 0 spiro atoms. The van der Waals surface area contributed by atoms with Gasteiger partial charge >= 0.3 is 0 Å². The zero-order chi connectivity index (χ0) is 14.3. The van der Waals surface area contributed by atoms with E-state index >= 15 is 0 Å². The van der Waals surface area contributed by atoms with Crippen LogP contribution in [-0.4, -0.2) is 31.1 Å². The number of nitrogens with zero attached hydrogens (tertiary/aromatic N) is 2. The zero-order valence-corrected chi connectivity index (χ0v) is 11.9. The van der Waals surface area contributed by atoms with Gasteiger partial charge in [-0.2, -0.15) is 0 Å². The van der Waals surface area contributed by atoms with E-state index in [0.29, 0.717) is 16.6 Å². The number of sulfonamides is 1. The molecule has 1 saturated heterocycles. The van der Waals surface area contributed by atoms with Gasteiger partial charge in [-0.1, -0.05) is 0 Å². The van der Waals surface area contributed by atoms with Crippen molar-refractivity contribution in [3.05, 3.63) is 23.8 Å². The Balaban J connectivity index is 1.86. The molecule has 9 heteroatoms. The molecule has 106 valence electrons. The predicted octanol–water partition coefficient (Wildman–Crippen LogP) is 0.797. The number of anilines is 1. The number of hydrogen-bond donors (Lipinski definition) is 1. The molecule has 3 rings (SSSR count). The van der Waals surface area contributed by atoms with E-state index in [4.69, 9.17) is 9.56 Å². The van der Waals surface area contributed by atoms with Crippen LogP contribution in [0.2, 0.25) is 0 Å². The molecule has 0 saturated carbocycles. The first-order chi connectivity index (χ1) is 9.45. The summed E-state index contributed by atoms with van der Waals surface area (Å²) in [6, 6.07) is 3.50. The van der Waals surface area contributed by atoms with Crippen LogP contribution >= 0.6 is 11.3 Å². The van der Waals surface area contributed by atoms with Crippen LogP contribution in [0.4, 0.5) is 5.13 Å². The molecule has 2 aromatic heterocycles. The van der Waals surface area contributed by atoms with Crippen molar-refractivity contribution in [2.75, 3.05) is 11.4 Å². The molecule has 0 radical (unpaired) electrons. The second-order valence-electron chi connectivity index (χ2n) is 4.41. The van der Waals surface area contributed by atoms with Gasteiger partial charge in [0.25, 0.3) is 0 Å². The Hall–Kier alpha value is -1.71. The highest BCUT2D eigenvalue weighted by molar-refractivity contribution is 7.89. The summed E-state index contributed by atoms with van der Waals surface area (Å²) in [7, 11) is -3.72. The second-order valence-corrected chi connectivity index (χ2v) is 7.09. The van der Waals surface area contributed by atoms with Crippen LogP contribution in [0.15, 0.2) is 28.2 Å². The summed E-state index contributed by atoms with van der Waals surface area (Å²) >= 11 is 1.26. The Morgan fingerprint density at radius 1 is 1.50 bits per heavy atom. The van der Waals surface area contributed by atoms with Crippen LogP contribution in [0.3, 0.4) is 0 Å². The maximum Gasteiger partial charge on any atom is 0.230 e. The largest absolute Gasteiger partial charge is 0.463 e. The fourth-order valence-corrected chi connectivity index (χ4v) is 3.58. The zero-order valence-electron chi connectivity index (χ0n) is 10.2. The molecule has 1 aliphatic heterocycles. The van der Waals surface area contributed by atoms with Crippen LogP contribution in [0.5, 0.6) is 0 Å².